The zero-order chi connectivity index (χ0) is 28.8. The van der Waals surface area contributed by atoms with Crippen LogP contribution in [0.5, 0.6) is 0 Å². The van der Waals surface area contributed by atoms with E-state index in [9.17, 15) is 19.5 Å². The first kappa shape index (κ1) is 31.2. The van der Waals surface area contributed by atoms with Gasteiger partial charge in [-0.2, -0.15) is 5.01 Å². The molecule has 3 atom stereocenters. The van der Waals surface area contributed by atoms with Gasteiger partial charge in [-0.05, 0) is 63.1 Å². The lowest BCUT2D eigenvalue weighted by Gasteiger charge is -2.50. The number of hydrazine groups is 1. The molecule has 39 heavy (non-hydrogen) atoms. The van der Waals surface area contributed by atoms with E-state index in [4.69, 9.17) is 9.47 Å². The Labute approximate surface area is 239 Å². The van der Waals surface area contributed by atoms with Gasteiger partial charge in [-0.3, -0.25) is 14.4 Å². The fourth-order valence-corrected chi connectivity index (χ4v) is 5.52. The number of ether oxygens (including phenoxy) is 2. The third-order valence-electron chi connectivity index (χ3n) is 6.75. The molecule has 2 aromatic rings. The summed E-state index contributed by atoms with van der Waals surface area (Å²) >= 11 is 3.24. The molecule has 1 saturated heterocycles. The van der Waals surface area contributed by atoms with Crippen molar-refractivity contribution >= 4 is 44.4 Å². The van der Waals surface area contributed by atoms with Gasteiger partial charge in [0.1, 0.15) is 11.6 Å². The molecule has 2 aromatic carbocycles. The average Bonchev–Trinajstić information content (AvgIpc) is 2.88. The summed E-state index contributed by atoms with van der Waals surface area (Å²) in [6.45, 7) is 9.64. The maximum Gasteiger partial charge on any atom is 0.322 e. The minimum atomic E-state index is -1.18. The topological polar surface area (TPSA) is 105 Å². The smallest absolute Gasteiger partial charge is 0.322 e. The summed E-state index contributed by atoms with van der Waals surface area (Å²) in [6, 6.07) is 11.8. The first-order valence-electron chi connectivity index (χ1n) is 13.6. The lowest BCUT2D eigenvalue weighted by atomic mass is 9.87. The highest BCUT2D eigenvalue weighted by Crippen LogP contribution is 2.43. The molecule has 1 fully saturated rings. The van der Waals surface area contributed by atoms with Gasteiger partial charge in [-0.15, -0.1) is 0 Å². The normalized spacial score (nSPS) is 19.7. The van der Waals surface area contributed by atoms with Gasteiger partial charge >= 0.3 is 11.9 Å². The lowest BCUT2D eigenvalue weighted by Crippen LogP contribution is -2.66. The second-order valence-electron chi connectivity index (χ2n) is 11.5. The van der Waals surface area contributed by atoms with Gasteiger partial charge in [-0.25, -0.2) is 5.43 Å². The van der Waals surface area contributed by atoms with E-state index < -0.39 is 35.3 Å². The second kappa shape index (κ2) is 13.4. The van der Waals surface area contributed by atoms with Crippen molar-refractivity contribution in [2.24, 2.45) is 5.92 Å². The SMILES string of the molecule is CC(C)C[C@@H](C(=O)O)N(N[C@@H](CC(=O)OC(C)(C)C)C(=O)CBr)C1(c2cccc3ccccc23)CCCCO1. The summed E-state index contributed by atoms with van der Waals surface area (Å²) < 4.78 is 12.1. The third-order valence-corrected chi connectivity index (χ3v) is 7.30. The number of carbonyl (C=O) groups is 3. The van der Waals surface area contributed by atoms with Crippen molar-refractivity contribution < 1.29 is 29.0 Å². The molecule has 0 spiro atoms. The van der Waals surface area contributed by atoms with Gasteiger partial charge in [0.15, 0.2) is 11.5 Å². The average molecular weight is 606 g/mol. The minimum Gasteiger partial charge on any atom is -0.480 e. The summed E-state index contributed by atoms with van der Waals surface area (Å²) in [5, 5.41) is 14.1. The Bertz CT molecular complexity index is 1150. The van der Waals surface area contributed by atoms with Crippen LogP contribution < -0.4 is 5.43 Å². The van der Waals surface area contributed by atoms with Gasteiger partial charge in [0.25, 0.3) is 0 Å². The first-order valence-corrected chi connectivity index (χ1v) is 14.7. The standard InChI is InChI=1S/C30H41BrN2O6/c1-20(2)17-25(28(36)37)33(32-24(26(34)19-31)18-27(35)39-29(3,4)5)30(15-8-9-16-38-30)23-14-10-12-21-11-6-7-13-22(21)23/h6-7,10-14,20,24-25,32H,8-9,15-19H2,1-5H3,(H,36,37)/t24-,25-,30?/m0/s1. The number of benzene rings is 2. The lowest BCUT2D eigenvalue weighted by molar-refractivity contribution is -0.231. The molecule has 3 rings (SSSR count). The summed E-state index contributed by atoms with van der Waals surface area (Å²) in [5.41, 5.74) is 2.14. The highest BCUT2D eigenvalue weighted by atomic mass is 79.9. The molecule has 0 radical (unpaired) electrons. The molecule has 9 heteroatoms. The molecule has 0 amide bonds. The van der Waals surface area contributed by atoms with Crippen LogP contribution in [0.2, 0.25) is 0 Å². The molecule has 0 aromatic heterocycles. The molecule has 0 bridgehead atoms. The summed E-state index contributed by atoms with van der Waals surface area (Å²) in [7, 11) is 0. The van der Waals surface area contributed by atoms with E-state index in [2.05, 4.69) is 21.4 Å². The molecule has 1 heterocycles. The summed E-state index contributed by atoms with van der Waals surface area (Å²) in [6.07, 6.45) is 2.21. The number of hydrogen-bond donors (Lipinski definition) is 2. The zero-order valence-corrected chi connectivity index (χ0v) is 25.1. The van der Waals surface area contributed by atoms with Gasteiger partial charge in [0.05, 0.1) is 17.8 Å². The van der Waals surface area contributed by atoms with Gasteiger partial charge < -0.3 is 14.6 Å². The maximum atomic E-state index is 13.2. The van der Waals surface area contributed by atoms with E-state index >= 15 is 0 Å². The Morgan fingerprint density at radius 2 is 1.82 bits per heavy atom. The van der Waals surface area contributed by atoms with Crippen LogP contribution in [-0.4, -0.2) is 57.5 Å². The van der Waals surface area contributed by atoms with Crippen LogP contribution in [0.25, 0.3) is 10.8 Å². The van der Waals surface area contributed by atoms with Crippen molar-refractivity contribution in [3.63, 3.8) is 0 Å². The van der Waals surface area contributed by atoms with Crippen LogP contribution >= 0.6 is 15.9 Å². The van der Waals surface area contributed by atoms with Crippen molar-refractivity contribution in [3.8, 4) is 0 Å². The number of hydrogen-bond acceptors (Lipinski definition) is 7. The van der Waals surface area contributed by atoms with Crippen molar-refractivity contribution in [2.45, 2.75) is 90.1 Å². The fourth-order valence-electron chi connectivity index (χ4n) is 5.13. The van der Waals surface area contributed by atoms with Crippen molar-refractivity contribution in [1.29, 1.82) is 0 Å². The van der Waals surface area contributed by atoms with E-state index in [0.29, 0.717) is 19.4 Å². The number of fused-ring (bicyclic) bond motifs is 1. The van der Waals surface area contributed by atoms with Crippen molar-refractivity contribution in [3.05, 3.63) is 48.0 Å². The van der Waals surface area contributed by atoms with E-state index in [1.807, 2.05) is 56.3 Å². The third kappa shape index (κ3) is 7.87. The predicted octanol–water partition coefficient (Wildman–Crippen LogP) is 5.56. The van der Waals surface area contributed by atoms with Gasteiger partial charge in [0, 0.05) is 12.2 Å². The van der Waals surface area contributed by atoms with Crippen LogP contribution in [0.1, 0.15) is 72.3 Å². The number of carbonyl (C=O) groups excluding carboxylic acids is 2. The molecule has 2 N–H and O–H groups in total. The van der Waals surface area contributed by atoms with Gasteiger partial charge in [-0.1, -0.05) is 72.2 Å². The maximum absolute atomic E-state index is 13.2. The molecular formula is C30H41BrN2O6. The fraction of sp³-hybridized carbons (Fsp3) is 0.567. The number of nitrogens with one attached hydrogen (secondary N) is 1. The van der Waals surface area contributed by atoms with E-state index in [-0.39, 0.29) is 23.5 Å². The monoisotopic (exact) mass is 604 g/mol. The number of Topliss-reactive ketones (excluding diaryl/α,β-unsaturated/α-hetero) is 1. The number of rotatable bonds is 12. The number of esters is 1. The number of alkyl halides is 1. The second-order valence-corrected chi connectivity index (χ2v) is 12.1. The molecule has 214 valence electrons. The molecule has 8 nitrogen and oxygen atoms in total. The quantitative estimate of drug-likeness (QED) is 0.184. The molecular weight excluding hydrogens is 564 g/mol. The van der Waals surface area contributed by atoms with Crippen LogP contribution in [-0.2, 0) is 29.6 Å². The molecule has 1 aliphatic rings. The molecule has 0 aliphatic carbocycles. The molecule has 0 saturated carbocycles. The number of carboxylic acid groups (broad SMARTS) is 1. The van der Waals surface area contributed by atoms with Crippen molar-refractivity contribution in [1.82, 2.24) is 10.4 Å². The number of halogens is 1. The van der Waals surface area contributed by atoms with Crippen LogP contribution in [0.3, 0.4) is 0 Å². The predicted molar refractivity (Wildman–Crippen MR) is 154 cm³/mol. The molecule has 1 aliphatic heterocycles. The largest absolute Gasteiger partial charge is 0.480 e. The van der Waals surface area contributed by atoms with Crippen LogP contribution in [0, 0.1) is 5.92 Å². The van der Waals surface area contributed by atoms with Crippen LogP contribution in [0.4, 0.5) is 0 Å². The number of carboxylic acids is 1. The Balaban J connectivity index is 2.19. The van der Waals surface area contributed by atoms with E-state index in [0.717, 1.165) is 29.2 Å². The Morgan fingerprint density at radius 3 is 2.41 bits per heavy atom. The summed E-state index contributed by atoms with van der Waals surface area (Å²) in [4.78, 5) is 38.9. The number of aliphatic carboxylic acids is 1. The Morgan fingerprint density at radius 1 is 1.13 bits per heavy atom. The van der Waals surface area contributed by atoms with E-state index in [1.54, 1.807) is 25.8 Å². The Hall–Kier alpha value is -2.33. The highest BCUT2D eigenvalue weighted by Gasteiger charge is 2.49. The Kier molecular flexibility index (Phi) is 10.7. The minimum absolute atomic E-state index is 0.00858. The van der Waals surface area contributed by atoms with Crippen molar-refractivity contribution in [2.75, 3.05) is 11.9 Å². The first-order chi connectivity index (χ1) is 18.4. The summed E-state index contributed by atoms with van der Waals surface area (Å²) in [5.74, 6) is -1.83. The number of nitrogens with zero attached hydrogens (tertiary/aromatic N) is 1. The van der Waals surface area contributed by atoms with E-state index in [1.165, 1.54) is 0 Å². The highest BCUT2D eigenvalue weighted by molar-refractivity contribution is 9.09. The number of ketones is 1. The zero-order valence-electron chi connectivity index (χ0n) is 23.5. The van der Waals surface area contributed by atoms with Gasteiger partial charge in [0.2, 0.25) is 0 Å². The van der Waals surface area contributed by atoms with Crippen LogP contribution in [0.15, 0.2) is 42.5 Å². The molecule has 1 unspecified atom stereocenters.